The lowest BCUT2D eigenvalue weighted by molar-refractivity contribution is -0.384. The number of pyridine rings is 1. The van der Waals surface area contributed by atoms with Crippen LogP contribution < -0.4 is 10.1 Å². The molecule has 1 fully saturated rings. The van der Waals surface area contributed by atoms with Crippen LogP contribution in [0.25, 0.3) is 0 Å². The van der Waals surface area contributed by atoms with Gasteiger partial charge in [-0.15, -0.1) is 0 Å². The van der Waals surface area contributed by atoms with Crippen LogP contribution in [0.15, 0.2) is 67.0 Å². The molecular formula is C25H22N4O5. The van der Waals surface area contributed by atoms with Crippen LogP contribution >= 0.6 is 0 Å². The number of benzene rings is 2. The van der Waals surface area contributed by atoms with E-state index >= 15 is 0 Å². The quantitative estimate of drug-likeness (QED) is 0.354. The van der Waals surface area contributed by atoms with Gasteiger partial charge in [0.15, 0.2) is 5.78 Å². The number of carbonyl (C=O) groups is 2. The number of rotatable bonds is 5. The predicted molar refractivity (Wildman–Crippen MR) is 124 cm³/mol. The molecule has 0 bridgehead atoms. The van der Waals surface area contributed by atoms with Gasteiger partial charge in [-0.05, 0) is 42.9 Å². The zero-order valence-electron chi connectivity index (χ0n) is 18.6. The Bertz CT molecular complexity index is 1310. The summed E-state index contributed by atoms with van der Waals surface area (Å²) in [6.45, 7) is 0.354. The van der Waals surface area contributed by atoms with Crippen LogP contribution in [0.2, 0.25) is 0 Å². The molecule has 2 aliphatic heterocycles. The summed E-state index contributed by atoms with van der Waals surface area (Å²) >= 11 is 0. The lowest BCUT2D eigenvalue weighted by Gasteiger charge is -2.35. The van der Waals surface area contributed by atoms with Crippen molar-refractivity contribution < 1.29 is 19.2 Å². The second-order valence-electron chi connectivity index (χ2n) is 8.55. The molecule has 1 spiro atoms. The Labute approximate surface area is 195 Å². The number of hydrogen-bond acceptors (Lipinski definition) is 7. The number of nitrogens with one attached hydrogen (secondary N) is 1. The Morgan fingerprint density at radius 1 is 1.21 bits per heavy atom. The molecule has 34 heavy (non-hydrogen) atoms. The minimum atomic E-state index is -1.31. The summed E-state index contributed by atoms with van der Waals surface area (Å²) in [7, 11) is 3.35. The molecule has 0 aliphatic carbocycles. The molecule has 0 saturated carbocycles. The largest absolute Gasteiger partial charge is 0.497 e. The highest BCUT2D eigenvalue weighted by atomic mass is 16.6. The fraction of sp³-hybridized carbons (Fsp3) is 0.240. The van der Waals surface area contributed by atoms with Crippen molar-refractivity contribution in [3.63, 3.8) is 0 Å². The molecule has 1 N–H and O–H groups in total. The monoisotopic (exact) mass is 458 g/mol. The fourth-order valence-electron chi connectivity index (χ4n) is 5.41. The van der Waals surface area contributed by atoms with Crippen molar-refractivity contribution in [2.45, 2.75) is 11.5 Å². The summed E-state index contributed by atoms with van der Waals surface area (Å²) in [6.07, 6.45) is 3.07. The lowest BCUT2D eigenvalue weighted by Crippen LogP contribution is -2.51. The molecule has 1 aromatic heterocycles. The number of ether oxygens (including phenoxy) is 1. The third-order valence-electron chi connectivity index (χ3n) is 6.91. The Morgan fingerprint density at radius 2 is 1.97 bits per heavy atom. The van der Waals surface area contributed by atoms with Crippen molar-refractivity contribution in [3.05, 3.63) is 93.8 Å². The molecule has 2 aliphatic rings. The molecule has 3 atom stereocenters. The number of nitrogens with zero attached hydrogens (tertiary/aromatic N) is 3. The van der Waals surface area contributed by atoms with Crippen molar-refractivity contribution in [2.75, 3.05) is 26.0 Å². The van der Waals surface area contributed by atoms with Crippen LogP contribution in [0.5, 0.6) is 5.75 Å². The fourth-order valence-corrected chi connectivity index (χ4v) is 5.41. The highest BCUT2D eigenvalue weighted by molar-refractivity contribution is 6.12. The normalized spacial score (nSPS) is 23.5. The topological polar surface area (TPSA) is 115 Å². The average molecular weight is 458 g/mol. The number of fused-ring (bicyclic) bond motifs is 2. The van der Waals surface area contributed by atoms with Gasteiger partial charge in [0.25, 0.3) is 5.69 Å². The van der Waals surface area contributed by atoms with Gasteiger partial charge < -0.3 is 10.1 Å². The number of likely N-dealkylation sites (tertiary alicyclic amines) is 1. The van der Waals surface area contributed by atoms with Gasteiger partial charge in [-0.25, -0.2) is 0 Å². The van der Waals surface area contributed by atoms with E-state index in [9.17, 15) is 19.7 Å². The number of ketones is 1. The number of methoxy groups -OCH3 is 1. The Balaban J connectivity index is 1.74. The van der Waals surface area contributed by atoms with Crippen LogP contribution in [0.4, 0.5) is 11.4 Å². The Kier molecular flexibility index (Phi) is 5.13. The van der Waals surface area contributed by atoms with E-state index in [-0.39, 0.29) is 17.4 Å². The molecule has 2 aromatic carbocycles. The van der Waals surface area contributed by atoms with Crippen LogP contribution in [0.1, 0.15) is 27.4 Å². The van der Waals surface area contributed by atoms with Crippen molar-refractivity contribution in [2.24, 2.45) is 5.92 Å². The number of carbonyl (C=O) groups excluding carboxylic acids is 2. The minimum absolute atomic E-state index is 0.0610. The van der Waals surface area contributed by atoms with E-state index in [0.29, 0.717) is 34.7 Å². The number of amides is 1. The van der Waals surface area contributed by atoms with E-state index < -0.39 is 22.3 Å². The van der Waals surface area contributed by atoms with Gasteiger partial charge >= 0.3 is 0 Å². The summed E-state index contributed by atoms with van der Waals surface area (Å²) in [4.78, 5) is 44.6. The molecule has 9 heteroatoms. The van der Waals surface area contributed by atoms with Crippen LogP contribution in [0, 0.1) is 16.0 Å². The van der Waals surface area contributed by atoms with Gasteiger partial charge in [0.2, 0.25) is 5.91 Å². The van der Waals surface area contributed by atoms with Gasteiger partial charge in [0.05, 0.1) is 18.0 Å². The van der Waals surface area contributed by atoms with E-state index in [1.54, 1.807) is 56.6 Å². The lowest BCUT2D eigenvalue weighted by atomic mass is 9.70. The molecule has 5 rings (SSSR count). The maximum Gasteiger partial charge on any atom is 0.269 e. The van der Waals surface area contributed by atoms with E-state index in [1.807, 2.05) is 4.90 Å². The first kappa shape index (κ1) is 21.7. The Hall–Kier alpha value is -4.11. The van der Waals surface area contributed by atoms with Gasteiger partial charge in [-0.1, -0.05) is 12.1 Å². The molecule has 3 heterocycles. The maximum absolute atomic E-state index is 14.1. The number of Topliss-reactive ketones (excluding diaryl/α,β-unsaturated/α-hetero) is 1. The SMILES string of the molecule is COc1ccc2c(c1)[C@]1(C(=O)N2)[C@H](C(=O)c2ccncc2)[C@H](c2cccc([N+](=O)[O-])c2)CN1C. The van der Waals surface area contributed by atoms with Crippen molar-refractivity contribution in [1.29, 1.82) is 0 Å². The second kappa shape index (κ2) is 8.03. The molecule has 0 radical (unpaired) electrons. The van der Waals surface area contributed by atoms with Gasteiger partial charge in [0, 0.05) is 53.8 Å². The maximum atomic E-state index is 14.1. The number of nitro groups is 1. The zero-order valence-corrected chi connectivity index (χ0v) is 18.6. The van der Waals surface area contributed by atoms with Crippen molar-refractivity contribution in [3.8, 4) is 5.75 Å². The first-order valence-electron chi connectivity index (χ1n) is 10.8. The molecule has 172 valence electrons. The van der Waals surface area contributed by atoms with Crippen LogP contribution in [-0.4, -0.2) is 47.2 Å². The molecule has 3 aromatic rings. The number of non-ortho nitro benzene ring substituents is 1. The van der Waals surface area contributed by atoms with Crippen LogP contribution in [-0.2, 0) is 10.3 Å². The van der Waals surface area contributed by atoms with Gasteiger partial charge in [-0.3, -0.25) is 29.6 Å². The Morgan fingerprint density at radius 3 is 2.68 bits per heavy atom. The highest BCUT2D eigenvalue weighted by Crippen LogP contribution is 2.56. The number of aromatic nitrogens is 1. The predicted octanol–water partition coefficient (Wildman–Crippen LogP) is 3.37. The molecular weight excluding hydrogens is 436 g/mol. The third kappa shape index (κ3) is 3.08. The summed E-state index contributed by atoms with van der Waals surface area (Å²) in [5.41, 5.74) is 0.960. The second-order valence-corrected chi connectivity index (χ2v) is 8.55. The smallest absolute Gasteiger partial charge is 0.269 e. The number of likely N-dealkylation sites (N-methyl/N-ethyl adjacent to an activating group) is 1. The summed E-state index contributed by atoms with van der Waals surface area (Å²) in [5, 5.41) is 14.4. The number of hydrogen-bond donors (Lipinski definition) is 1. The number of nitro benzene ring substituents is 1. The van der Waals surface area contributed by atoms with Crippen molar-refractivity contribution >= 4 is 23.1 Å². The average Bonchev–Trinajstić information content (AvgIpc) is 3.33. The first-order valence-corrected chi connectivity index (χ1v) is 10.8. The van der Waals surface area contributed by atoms with E-state index in [2.05, 4.69) is 10.3 Å². The van der Waals surface area contributed by atoms with Gasteiger partial charge in [0.1, 0.15) is 11.3 Å². The van der Waals surface area contributed by atoms with Gasteiger partial charge in [-0.2, -0.15) is 0 Å². The first-order chi connectivity index (χ1) is 16.4. The zero-order chi connectivity index (χ0) is 24.0. The highest BCUT2D eigenvalue weighted by Gasteiger charge is 2.64. The molecule has 9 nitrogen and oxygen atoms in total. The third-order valence-corrected chi connectivity index (χ3v) is 6.91. The van der Waals surface area contributed by atoms with E-state index in [4.69, 9.17) is 4.74 Å². The molecule has 1 saturated heterocycles. The minimum Gasteiger partial charge on any atom is -0.497 e. The standard InChI is InChI=1S/C25H22N4O5/c1-28-14-19(16-4-3-5-17(12-16)29(32)33)22(23(30)15-8-10-26-11-9-15)25(28)20-13-18(34-2)6-7-21(20)27-24(25)31/h3-13,19,22H,14H2,1-2H3,(H,27,31)/t19-,22-,25+/m0/s1. The summed E-state index contributed by atoms with van der Waals surface area (Å²) < 4.78 is 5.42. The van der Waals surface area contributed by atoms with Crippen molar-refractivity contribution in [1.82, 2.24) is 9.88 Å². The summed E-state index contributed by atoms with van der Waals surface area (Å²) in [5.74, 6) is -1.27. The number of anilines is 1. The van der Waals surface area contributed by atoms with E-state index in [1.165, 1.54) is 24.5 Å². The molecule has 0 unspecified atom stereocenters. The van der Waals surface area contributed by atoms with Crippen LogP contribution in [0.3, 0.4) is 0 Å². The summed E-state index contributed by atoms with van der Waals surface area (Å²) in [6, 6.07) is 14.8. The van der Waals surface area contributed by atoms with E-state index in [0.717, 1.165) is 0 Å². The molecule has 1 amide bonds.